The van der Waals surface area contributed by atoms with Crippen LogP contribution in [0.3, 0.4) is 0 Å². The van der Waals surface area contributed by atoms with Gasteiger partial charge in [0.2, 0.25) is 0 Å². The van der Waals surface area contributed by atoms with Crippen molar-refractivity contribution in [3.05, 3.63) is 77.1 Å². The van der Waals surface area contributed by atoms with Crippen LogP contribution in [0.4, 0.5) is 5.69 Å². The van der Waals surface area contributed by atoms with E-state index < -0.39 is 0 Å². The molecule has 0 spiro atoms. The molecule has 2 aromatic carbocycles. The number of hydrogen-bond acceptors (Lipinski definition) is 3. The lowest BCUT2D eigenvalue weighted by Crippen LogP contribution is -2.15. The molecule has 0 aliphatic heterocycles. The van der Waals surface area contributed by atoms with E-state index in [-0.39, 0.29) is 11.7 Å². The summed E-state index contributed by atoms with van der Waals surface area (Å²) in [4.78, 5) is 16.9. The first-order valence-electron chi connectivity index (χ1n) is 8.11. The molecule has 0 fully saturated rings. The standard InChI is InChI=1S/C21H20N2O2/c1-13-7-4-10-16(19(13)20-14(2)8-5-12-18(20)24)23-21(25)17-11-6-9-15(3)22-17/h4-12,24H,1-3H3,(H,23,25). The molecule has 1 aromatic heterocycles. The number of nitrogens with one attached hydrogen (secondary N) is 1. The molecule has 0 bridgehead atoms. The van der Waals surface area contributed by atoms with E-state index in [1.807, 2.05) is 57.2 Å². The average molecular weight is 332 g/mol. The zero-order valence-corrected chi connectivity index (χ0v) is 14.5. The number of rotatable bonds is 3. The van der Waals surface area contributed by atoms with Gasteiger partial charge in [0.1, 0.15) is 11.4 Å². The molecule has 0 saturated heterocycles. The normalized spacial score (nSPS) is 10.5. The predicted molar refractivity (Wildman–Crippen MR) is 99.9 cm³/mol. The van der Waals surface area contributed by atoms with Crippen LogP contribution in [-0.2, 0) is 0 Å². The van der Waals surface area contributed by atoms with Gasteiger partial charge in [-0.25, -0.2) is 4.98 Å². The Morgan fingerprint density at radius 3 is 2.20 bits per heavy atom. The van der Waals surface area contributed by atoms with Gasteiger partial charge in [-0.15, -0.1) is 0 Å². The molecule has 0 aliphatic rings. The van der Waals surface area contributed by atoms with E-state index in [0.29, 0.717) is 11.4 Å². The molecule has 4 heteroatoms. The second-order valence-corrected chi connectivity index (χ2v) is 6.08. The van der Waals surface area contributed by atoms with Crippen LogP contribution in [0.1, 0.15) is 27.3 Å². The number of aryl methyl sites for hydroxylation is 3. The quantitative estimate of drug-likeness (QED) is 0.735. The van der Waals surface area contributed by atoms with Crippen LogP contribution < -0.4 is 5.32 Å². The molecule has 0 saturated carbocycles. The number of aromatic hydroxyl groups is 1. The number of amides is 1. The highest BCUT2D eigenvalue weighted by molar-refractivity contribution is 6.05. The van der Waals surface area contributed by atoms with Crippen molar-refractivity contribution in [1.29, 1.82) is 0 Å². The van der Waals surface area contributed by atoms with Gasteiger partial charge in [-0.05, 0) is 56.2 Å². The highest BCUT2D eigenvalue weighted by atomic mass is 16.3. The minimum atomic E-state index is -0.274. The summed E-state index contributed by atoms with van der Waals surface area (Å²) in [6, 6.07) is 16.4. The van der Waals surface area contributed by atoms with Gasteiger partial charge < -0.3 is 10.4 Å². The van der Waals surface area contributed by atoms with Crippen LogP contribution in [0, 0.1) is 20.8 Å². The van der Waals surface area contributed by atoms with Gasteiger partial charge in [-0.2, -0.15) is 0 Å². The SMILES string of the molecule is Cc1cccc(C(=O)Nc2cccc(C)c2-c2c(C)cccc2O)n1. The molecule has 126 valence electrons. The maximum Gasteiger partial charge on any atom is 0.274 e. The molecule has 1 heterocycles. The number of nitrogens with zero attached hydrogens (tertiary/aromatic N) is 1. The van der Waals surface area contributed by atoms with Gasteiger partial charge in [-0.3, -0.25) is 4.79 Å². The summed E-state index contributed by atoms with van der Waals surface area (Å²) in [6.45, 7) is 5.75. The summed E-state index contributed by atoms with van der Waals surface area (Å²) in [5, 5.41) is 13.3. The molecule has 3 aromatic rings. The topological polar surface area (TPSA) is 62.2 Å². The van der Waals surface area contributed by atoms with Gasteiger partial charge in [0.25, 0.3) is 5.91 Å². The maximum absolute atomic E-state index is 12.6. The first-order chi connectivity index (χ1) is 12.0. The van der Waals surface area contributed by atoms with Gasteiger partial charge >= 0.3 is 0 Å². The lowest BCUT2D eigenvalue weighted by Gasteiger charge is -2.17. The largest absolute Gasteiger partial charge is 0.507 e. The predicted octanol–water partition coefficient (Wildman–Crippen LogP) is 4.63. The third-order valence-electron chi connectivity index (χ3n) is 4.14. The maximum atomic E-state index is 12.6. The van der Waals surface area contributed by atoms with Crippen molar-refractivity contribution in [2.24, 2.45) is 0 Å². The van der Waals surface area contributed by atoms with Gasteiger partial charge in [0.15, 0.2) is 0 Å². The molecule has 25 heavy (non-hydrogen) atoms. The van der Waals surface area contributed by atoms with Crippen molar-refractivity contribution < 1.29 is 9.90 Å². The number of carbonyl (C=O) groups is 1. The molecule has 3 rings (SSSR count). The molecular weight excluding hydrogens is 312 g/mol. The number of hydrogen-bond donors (Lipinski definition) is 2. The molecule has 0 aliphatic carbocycles. The molecule has 0 radical (unpaired) electrons. The number of phenolic OH excluding ortho intramolecular Hbond substituents is 1. The Bertz CT molecular complexity index is 928. The number of pyridine rings is 1. The fourth-order valence-corrected chi connectivity index (χ4v) is 2.94. The minimum absolute atomic E-state index is 0.193. The summed E-state index contributed by atoms with van der Waals surface area (Å²) >= 11 is 0. The van der Waals surface area contributed by atoms with Crippen LogP contribution in [0.2, 0.25) is 0 Å². The van der Waals surface area contributed by atoms with Crippen LogP contribution in [-0.4, -0.2) is 16.0 Å². The highest BCUT2D eigenvalue weighted by Crippen LogP contribution is 2.39. The smallest absolute Gasteiger partial charge is 0.274 e. The zero-order chi connectivity index (χ0) is 18.0. The van der Waals surface area contributed by atoms with E-state index >= 15 is 0 Å². The van der Waals surface area contributed by atoms with Crippen molar-refractivity contribution in [3.63, 3.8) is 0 Å². The number of phenols is 1. The first-order valence-corrected chi connectivity index (χ1v) is 8.11. The number of benzene rings is 2. The first kappa shape index (κ1) is 16.7. The Morgan fingerprint density at radius 2 is 1.52 bits per heavy atom. The second kappa shape index (κ2) is 6.77. The molecule has 0 unspecified atom stereocenters. The van der Waals surface area contributed by atoms with Crippen molar-refractivity contribution in [2.75, 3.05) is 5.32 Å². The molecule has 4 nitrogen and oxygen atoms in total. The van der Waals surface area contributed by atoms with Crippen molar-refractivity contribution in [3.8, 4) is 16.9 Å². The summed E-state index contributed by atoms with van der Waals surface area (Å²) in [5.74, 6) is -0.0814. The molecular formula is C21H20N2O2. The molecule has 1 amide bonds. The summed E-state index contributed by atoms with van der Waals surface area (Å²) in [7, 11) is 0. The zero-order valence-electron chi connectivity index (χ0n) is 14.5. The molecule has 2 N–H and O–H groups in total. The lowest BCUT2D eigenvalue weighted by atomic mass is 9.94. The number of carbonyl (C=O) groups excluding carboxylic acids is 1. The summed E-state index contributed by atoms with van der Waals surface area (Å²) < 4.78 is 0. The number of aromatic nitrogens is 1. The van der Waals surface area contributed by atoms with Crippen LogP contribution in [0.5, 0.6) is 5.75 Å². The third-order valence-corrected chi connectivity index (χ3v) is 4.14. The van der Waals surface area contributed by atoms with E-state index in [0.717, 1.165) is 27.9 Å². The Kier molecular flexibility index (Phi) is 4.52. The Balaban J connectivity index is 2.07. The summed E-state index contributed by atoms with van der Waals surface area (Å²) in [5.41, 5.74) is 5.26. The van der Waals surface area contributed by atoms with E-state index in [1.165, 1.54) is 0 Å². The van der Waals surface area contributed by atoms with Crippen LogP contribution in [0.25, 0.3) is 11.1 Å². The fraction of sp³-hybridized carbons (Fsp3) is 0.143. The lowest BCUT2D eigenvalue weighted by molar-refractivity contribution is 0.102. The molecule has 0 atom stereocenters. The van der Waals surface area contributed by atoms with E-state index in [2.05, 4.69) is 10.3 Å². The minimum Gasteiger partial charge on any atom is -0.507 e. The Morgan fingerprint density at radius 1 is 0.880 bits per heavy atom. The third kappa shape index (κ3) is 3.38. The monoisotopic (exact) mass is 332 g/mol. The van der Waals surface area contributed by atoms with E-state index in [1.54, 1.807) is 18.2 Å². The Labute approximate surface area is 147 Å². The van der Waals surface area contributed by atoms with Crippen LogP contribution >= 0.6 is 0 Å². The van der Waals surface area contributed by atoms with Crippen molar-refractivity contribution in [2.45, 2.75) is 20.8 Å². The second-order valence-electron chi connectivity index (χ2n) is 6.08. The Hall–Kier alpha value is -3.14. The van der Waals surface area contributed by atoms with Crippen molar-refractivity contribution in [1.82, 2.24) is 4.98 Å². The van der Waals surface area contributed by atoms with E-state index in [9.17, 15) is 9.90 Å². The fourth-order valence-electron chi connectivity index (χ4n) is 2.94. The van der Waals surface area contributed by atoms with Crippen LogP contribution in [0.15, 0.2) is 54.6 Å². The highest BCUT2D eigenvalue weighted by Gasteiger charge is 2.17. The van der Waals surface area contributed by atoms with Gasteiger partial charge in [0.05, 0.1) is 0 Å². The van der Waals surface area contributed by atoms with Gasteiger partial charge in [-0.1, -0.05) is 30.3 Å². The average Bonchev–Trinajstić information content (AvgIpc) is 2.57. The van der Waals surface area contributed by atoms with Crippen molar-refractivity contribution >= 4 is 11.6 Å². The van der Waals surface area contributed by atoms with E-state index in [4.69, 9.17) is 0 Å². The van der Waals surface area contributed by atoms with Gasteiger partial charge in [0, 0.05) is 22.5 Å². The summed E-state index contributed by atoms with van der Waals surface area (Å²) in [6.07, 6.45) is 0. The number of anilines is 1.